The molecule has 0 saturated heterocycles. The van der Waals surface area contributed by atoms with Crippen molar-refractivity contribution in [2.75, 3.05) is 42.6 Å². The molecule has 0 bridgehead atoms. The van der Waals surface area contributed by atoms with Crippen molar-refractivity contribution in [3.05, 3.63) is 59.7 Å². The smallest absolute Gasteiger partial charge is 0.232 e. The number of sulfonamides is 1. The fraction of sp³-hybridized carbons (Fsp3) is 0.350. The molecule has 0 aliphatic carbocycles. The van der Waals surface area contributed by atoms with Gasteiger partial charge in [0, 0.05) is 26.3 Å². The lowest BCUT2D eigenvalue weighted by Gasteiger charge is -2.23. The molecule has 0 fully saturated rings. The van der Waals surface area contributed by atoms with E-state index >= 15 is 0 Å². The van der Waals surface area contributed by atoms with Crippen molar-refractivity contribution >= 4 is 27.3 Å². The second-order valence-corrected chi connectivity index (χ2v) is 8.61. The van der Waals surface area contributed by atoms with E-state index < -0.39 is 10.0 Å². The number of nitrogens with zero attached hydrogens (tertiary/aromatic N) is 2. The van der Waals surface area contributed by atoms with Gasteiger partial charge in [0.2, 0.25) is 15.9 Å². The molecule has 1 N–H and O–H groups in total. The maximum Gasteiger partial charge on any atom is 0.232 e. The Labute approximate surface area is 161 Å². The van der Waals surface area contributed by atoms with Gasteiger partial charge in [-0.25, -0.2) is 8.42 Å². The SMILES string of the molecule is Cc1ccccc1CC(=O)NCCN(c1ccc(N(C)C)cc1)S(C)(=O)=O. The molecule has 0 radical (unpaired) electrons. The minimum absolute atomic E-state index is 0.124. The van der Waals surface area contributed by atoms with Crippen molar-refractivity contribution in [1.29, 1.82) is 0 Å². The van der Waals surface area contributed by atoms with Gasteiger partial charge in [-0.2, -0.15) is 0 Å². The highest BCUT2D eigenvalue weighted by Gasteiger charge is 2.17. The van der Waals surface area contributed by atoms with Crippen LogP contribution in [-0.4, -0.2) is 47.8 Å². The van der Waals surface area contributed by atoms with E-state index in [0.29, 0.717) is 5.69 Å². The van der Waals surface area contributed by atoms with Crippen LogP contribution in [0.3, 0.4) is 0 Å². The minimum Gasteiger partial charge on any atom is -0.378 e. The van der Waals surface area contributed by atoms with E-state index in [-0.39, 0.29) is 25.4 Å². The van der Waals surface area contributed by atoms with Gasteiger partial charge in [0.05, 0.1) is 24.9 Å². The number of aryl methyl sites for hydroxylation is 1. The molecule has 2 aromatic rings. The topological polar surface area (TPSA) is 69.7 Å². The van der Waals surface area contributed by atoms with Gasteiger partial charge in [0.15, 0.2) is 0 Å². The van der Waals surface area contributed by atoms with E-state index in [1.165, 1.54) is 10.6 Å². The number of carbonyl (C=O) groups is 1. The lowest BCUT2D eigenvalue weighted by atomic mass is 10.1. The number of rotatable bonds is 8. The summed E-state index contributed by atoms with van der Waals surface area (Å²) in [5, 5.41) is 2.81. The van der Waals surface area contributed by atoms with Gasteiger partial charge in [0.1, 0.15) is 0 Å². The van der Waals surface area contributed by atoms with E-state index in [1.807, 2.05) is 62.3 Å². The van der Waals surface area contributed by atoms with E-state index in [0.717, 1.165) is 16.8 Å². The number of hydrogen-bond donors (Lipinski definition) is 1. The summed E-state index contributed by atoms with van der Waals surface area (Å²) in [4.78, 5) is 14.1. The predicted octanol–water partition coefficient (Wildman–Crippen LogP) is 2.19. The Bertz CT molecular complexity index is 878. The minimum atomic E-state index is -3.45. The first-order valence-electron chi connectivity index (χ1n) is 8.75. The van der Waals surface area contributed by atoms with Crippen molar-refractivity contribution in [3.8, 4) is 0 Å². The summed E-state index contributed by atoms with van der Waals surface area (Å²) in [6, 6.07) is 15.0. The third-order valence-electron chi connectivity index (χ3n) is 4.30. The Morgan fingerprint density at radius 2 is 1.59 bits per heavy atom. The molecule has 6 nitrogen and oxygen atoms in total. The Morgan fingerprint density at radius 1 is 1.00 bits per heavy atom. The lowest BCUT2D eigenvalue weighted by Crippen LogP contribution is -2.38. The average Bonchev–Trinajstić information content (AvgIpc) is 2.60. The summed E-state index contributed by atoms with van der Waals surface area (Å²) < 4.78 is 25.6. The molecule has 7 heteroatoms. The standard InChI is InChI=1S/C20H27N3O3S/c1-16-7-5-6-8-17(16)15-20(24)21-13-14-23(27(4,25)26)19-11-9-18(10-12-19)22(2)3/h5-12H,13-15H2,1-4H3,(H,21,24). The number of amides is 1. The normalized spacial score (nSPS) is 11.1. The van der Waals surface area contributed by atoms with Gasteiger partial charge in [-0.1, -0.05) is 24.3 Å². The number of anilines is 2. The van der Waals surface area contributed by atoms with Crippen LogP contribution in [0.4, 0.5) is 11.4 Å². The third-order valence-corrected chi connectivity index (χ3v) is 5.50. The fourth-order valence-electron chi connectivity index (χ4n) is 2.74. The molecule has 0 aliphatic heterocycles. The van der Waals surface area contributed by atoms with E-state index in [1.54, 1.807) is 12.1 Å². The first-order chi connectivity index (χ1) is 12.7. The summed E-state index contributed by atoms with van der Waals surface area (Å²) >= 11 is 0. The van der Waals surface area contributed by atoms with Crippen LogP contribution in [0.25, 0.3) is 0 Å². The predicted molar refractivity (Wildman–Crippen MR) is 111 cm³/mol. The zero-order valence-corrected chi connectivity index (χ0v) is 17.1. The second kappa shape index (κ2) is 8.90. The highest BCUT2D eigenvalue weighted by Crippen LogP contribution is 2.21. The van der Waals surface area contributed by atoms with Gasteiger partial charge in [-0.15, -0.1) is 0 Å². The fourth-order valence-corrected chi connectivity index (χ4v) is 3.67. The molecule has 0 spiro atoms. The molecular weight excluding hydrogens is 362 g/mol. The van der Waals surface area contributed by atoms with Gasteiger partial charge >= 0.3 is 0 Å². The van der Waals surface area contributed by atoms with Crippen LogP contribution in [0.5, 0.6) is 0 Å². The highest BCUT2D eigenvalue weighted by atomic mass is 32.2. The Morgan fingerprint density at radius 3 is 2.15 bits per heavy atom. The molecule has 2 aromatic carbocycles. The van der Waals surface area contributed by atoms with Crippen LogP contribution in [-0.2, 0) is 21.2 Å². The Kier molecular flexibility index (Phi) is 6.85. The molecular formula is C20H27N3O3S. The molecule has 0 aromatic heterocycles. The number of carbonyl (C=O) groups excluding carboxylic acids is 1. The lowest BCUT2D eigenvalue weighted by molar-refractivity contribution is -0.120. The molecule has 0 unspecified atom stereocenters. The summed E-state index contributed by atoms with van der Waals surface area (Å²) in [6.07, 6.45) is 1.45. The van der Waals surface area contributed by atoms with Crippen molar-refractivity contribution in [2.24, 2.45) is 0 Å². The van der Waals surface area contributed by atoms with E-state index in [9.17, 15) is 13.2 Å². The van der Waals surface area contributed by atoms with Gasteiger partial charge in [-0.3, -0.25) is 9.10 Å². The summed E-state index contributed by atoms with van der Waals surface area (Å²) in [6.45, 7) is 2.39. The molecule has 146 valence electrons. The van der Waals surface area contributed by atoms with Crippen LogP contribution in [0, 0.1) is 6.92 Å². The molecule has 27 heavy (non-hydrogen) atoms. The second-order valence-electron chi connectivity index (χ2n) is 6.70. The van der Waals surface area contributed by atoms with Crippen molar-refractivity contribution in [3.63, 3.8) is 0 Å². The van der Waals surface area contributed by atoms with Crippen molar-refractivity contribution in [1.82, 2.24) is 5.32 Å². The van der Waals surface area contributed by atoms with Gasteiger partial charge < -0.3 is 10.2 Å². The summed E-state index contributed by atoms with van der Waals surface area (Å²) in [5.41, 5.74) is 3.59. The first-order valence-corrected chi connectivity index (χ1v) is 10.6. The number of benzene rings is 2. The maximum atomic E-state index is 12.2. The largest absolute Gasteiger partial charge is 0.378 e. The zero-order valence-electron chi connectivity index (χ0n) is 16.3. The van der Waals surface area contributed by atoms with Crippen LogP contribution in [0.2, 0.25) is 0 Å². The van der Waals surface area contributed by atoms with Crippen molar-refractivity contribution < 1.29 is 13.2 Å². The average molecular weight is 390 g/mol. The van der Waals surface area contributed by atoms with E-state index in [4.69, 9.17) is 0 Å². The molecule has 0 heterocycles. The van der Waals surface area contributed by atoms with Crippen molar-refractivity contribution in [2.45, 2.75) is 13.3 Å². The highest BCUT2D eigenvalue weighted by molar-refractivity contribution is 7.92. The van der Waals surface area contributed by atoms with Crippen LogP contribution in [0.15, 0.2) is 48.5 Å². The van der Waals surface area contributed by atoms with Crippen LogP contribution < -0.4 is 14.5 Å². The monoisotopic (exact) mass is 389 g/mol. The Hall–Kier alpha value is -2.54. The Balaban J connectivity index is 1.99. The third kappa shape index (κ3) is 5.99. The number of hydrogen-bond acceptors (Lipinski definition) is 4. The van der Waals surface area contributed by atoms with E-state index in [2.05, 4.69) is 5.32 Å². The molecule has 0 atom stereocenters. The van der Waals surface area contributed by atoms with Crippen LogP contribution in [0.1, 0.15) is 11.1 Å². The summed E-state index contributed by atoms with van der Waals surface area (Å²) in [7, 11) is 0.402. The molecule has 1 amide bonds. The quantitative estimate of drug-likeness (QED) is 0.751. The molecule has 2 rings (SSSR count). The maximum absolute atomic E-state index is 12.2. The molecule has 0 aliphatic rings. The summed E-state index contributed by atoms with van der Waals surface area (Å²) in [5.74, 6) is -0.124. The zero-order chi connectivity index (χ0) is 20.0. The first kappa shape index (κ1) is 20.8. The van der Waals surface area contributed by atoms with Gasteiger partial charge in [0.25, 0.3) is 0 Å². The molecule has 0 saturated carbocycles. The number of nitrogens with one attached hydrogen (secondary N) is 1. The van der Waals surface area contributed by atoms with Crippen LogP contribution >= 0.6 is 0 Å². The van der Waals surface area contributed by atoms with Gasteiger partial charge in [-0.05, 0) is 42.3 Å².